The number of ketones is 1. The summed E-state index contributed by atoms with van der Waals surface area (Å²) in [4.78, 5) is 35.3. The lowest BCUT2D eigenvalue weighted by Gasteiger charge is -2.13. The van der Waals surface area contributed by atoms with Crippen LogP contribution in [0.4, 0.5) is 5.69 Å². The molecule has 0 radical (unpaired) electrons. The molecule has 0 aliphatic rings. The topological polar surface area (TPSA) is 72.5 Å². The maximum Gasteiger partial charge on any atom is 0.316 e. The Morgan fingerprint density at radius 2 is 1.78 bits per heavy atom. The Morgan fingerprint density at radius 3 is 2.41 bits per heavy atom. The van der Waals surface area contributed by atoms with Crippen LogP contribution in [0, 0.1) is 0 Å². The molecule has 1 N–H and O–H groups in total. The molecule has 0 bridgehead atoms. The molecule has 5 nitrogen and oxygen atoms in total. The Labute approximate surface area is 167 Å². The molecule has 0 saturated heterocycles. The monoisotopic (exact) mass is 405 g/mol. The molecule has 0 heterocycles. The van der Waals surface area contributed by atoms with Crippen LogP contribution in [0.25, 0.3) is 0 Å². The highest BCUT2D eigenvalue weighted by atomic mass is 35.5. The van der Waals surface area contributed by atoms with Crippen LogP contribution in [0.3, 0.4) is 0 Å². The molecule has 2 aromatic rings. The quantitative estimate of drug-likeness (QED) is 0.522. The fraction of sp³-hybridized carbons (Fsp3) is 0.250. The zero-order valence-corrected chi connectivity index (χ0v) is 16.6. The van der Waals surface area contributed by atoms with Crippen molar-refractivity contribution in [2.45, 2.75) is 25.7 Å². The molecule has 0 fully saturated rings. The number of carbonyl (C=O) groups excluding carboxylic acids is 3. The number of rotatable bonds is 8. The number of hydrogen-bond acceptors (Lipinski definition) is 5. The maximum absolute atomic E-state index is 12.1. The van der Waals surface area contributed by atoms with Gasteiger partial charge in [-0.2, -0.15) is 0 Å². The van der Waals surface area contributed by atoms with E-state index in [1.165, 1.54) is 25.6 Å². The van der Waals surface area contributed by atoms with E-state index >= 15 is 0 Å². The number of anilines is 1. The summed E-state index contributed by atoms with van der Waals surface area (Å²) in [5.74, 6) is -0.255. The van der Waals surface area contributed by atoms with Crippen LogP contribution >= 0.6 is 23.4 Å². The van der Waals surface area contributed by atoms with Gasteiger partial charge in [-0.05, 0) is 49.7 Å². The van der Waals surface area contributed by atoms with Crippen molar-refractivity contribution in [2.24, 2.45) is 0 Å². The van der Waals surface area contributed by atoms with Crippen LogP contribution in [-0.2, 0) is 20.1 Å². The number of Topliss-reactive ketones (excluding diaryl/α,β-unsaturated/α-hetero) is 1. The Hall–Kier alpha value is -2.31. The van der Waals surface area contributed by atoms with Gasteiger partial charge in [-0.25, -0.2) is 0 Å². The number of amides is 1. The van der Waals surface area contributed by atoms with Crippen molar-refractivity contribution in [3.05, 3.63) is 64.7 Å². The minimum absolute atomic E-state index is 0.0514. The van der Waals surface area contributed by atoms with Crippen LogP contribution in [0.5, 0.6) is 0 Å². The van der Waals surface area contributed by atoms with Crippen LogP contribution in [0.15, 0.2) is 48.5 Å². The Kier molecular flexibility index (Phi) is 7.88. The molecule has 2 rings (SSSR count). The van der Waals surface area contributed by atoms with Crippen molar-refractivity contribution < 1.29 is 19.1 Å². The minimum atomic E-state index is -0.925. The lowest BCUT2D eigenvalue weighted by molar-refractivity contribution is -0.150. The number of benzene rings is 2. The fourth-order valence-electron chi connectivity index (χ4n) is 2.18. The molecule has 142 valence electrons. The number of ether oxygens (including phenoxy) is 1. The molecular weight excluding hydrogens is 386 g/mol. The Balaban J connectivity index is 1.77. The van der Waals surface area contributed by atoms with Crippen molar-refractivity contribution in [3.8, 4) is 0 Å². The van der Waals surface area contributed by atoms with Gasteiger partial charge in [0.2, 0.25) is 0 Å². The highest BCUT2D eigenvalue weighted by Crippen LogP contribution is 2.21. The molecule has 0 aromatic heterocycles. The molecule has 27 heavy (non-hydrogen) atoms. The van der Waals surface area contributed by atoms with E-state index in [2.05, 4.69) is 5.32 Å². The van der Waals surface area contributed by atoms with Crippen LogP contribution in [-0.4, -0.2) is 29.5 Å². The number of esters is 1. The highest BCUT2D eigenvalue weighted by Gasteiger charge is 2.18. The predicted molar refractivity (Wildman–Crippen MR) is 108 cm³/mol. The molecule has 0 saturated carbocycles. The normalized spacial score (nSPS) is 11.5. The molecule has 7 heteroatoms. The van der Waals surface area contributed by atoms with Crippen molar-refractivity contribution in [2.75, 3.05) is 11.1 Å². The zero-order chi connectivity index (χ0) is 19.8. The van der Waals surface area contributed by atoms with E-state index in [9.17, 15) is 14.4 Å². The molecular formula is C20H20ClNO4S. The van der Waals surface area contributed by atoms with Crippen molar-refractivity contribution >= 4 is 46.7 Å². The zero-order valence-electron chi connectivity index (χ0n) is 15.0. The number of hydrogen-bond donors (Lipinski definition) is 1. The van der Waals surface area contributed by atoms with E-state index in [0.29, 0.717) is 22.0 Å². The average Bonchev–Trinajstić information content (AvgIpc) is 2.63. The number of carbonyl (C=O) groups is 3. The minimum Gasteiger partial charge on any atom is -0.452 e. The summed E-state index contributed by atoms with van der Waals surface area (Å²) >= 11 is 7.44. The first kappa shape index (κ1) is 21.0. The second-order valence-electron chi connectivity index (χ2n) is 5.84. The van der Waals surface area contributed by atoms with Gasteiger partial charge < -0.3 is 10.1 Å². The summed E-state index contributed by atoms with van der Waals surface area (Å²) in [6.45, 7) is 2.98. The molecule has 1 amide bonds. The summed E-state index contributed by atoms with van der Waals surface area (Å²) in [6, 6.07) is 13.9. The van der Waals surface area contributed by atoms with Crippen molar-refractivity contribution in [3.63, 3.8) is 0 Å². The fourth-order valence-corrected chi connectivity index (χ4v) is 3.27. The van der Waals surface area contributed by atoms with Gasteiger partial charge in [-0.3, -0.25) is 14.4 Å². The Morgan fingerprint density at radius 1 is 1.11 bits per heavy atom. The van der Waals surface area contributed by atoms with E-state index in [4.69, 9.17) is 16.3 Å². The van der Waals surface area contributed by atoms with Crippen LogP contribution in [0.2, 0.25) is 5.02 Å². The SMILES string of the molecule is CC(=O)c1ccc(NC(=O)[C@H](C)OC(=O)CSCc2ccccc2Cl)cc1. The van der Waals surface area contributed by atoms with Gasteiger partial charge in [0, 0.05) is 22.0 Å². The largest absolute Gasteiger partial charge is 0.452 e. The van der Waals surface area contributed by atoms with Crippen molar-refractivity contribution in [1.82, 2.24) is 0 Å². The first-order chi connectivity index (χ1) is 12.9. The highest BCUT2D eigenvalue weighted by molar-refractivity contribution is 7.99. The summed E-state index contributed by atoms with van der Waals surface area (Å²) in [7, 11) is 0. The summed E-state index contributed by atoms with van der Waals surface area (Å²) in [6.07, 6.45) is -0.925. The van der Waals surface area contributed by atoms with Gasteiger partial charge in [0.25, 0.3) is 5.91 Å². The number of halogens is 1. The first-order valence-electron chi connectivity index (χ1n) is 8.29. The van der Waals surface area contributed by atoms with Gasteiger partial charge in [0.1, 0.15) is 0 Å². The summed E-state index contributed by atoms with van der Waals surface area (Å²) in [5, 5.41) is 3.31. The van der Waals surface area contributed by atoms with Gasteiger partial charge in [0.15, 0.2) is 11.9 Å². The third kappa shape index (κ3) is 6.73. The second-order valence-corrected chi connectivity index (χ2v) is 7.23. The van der Waals surface area contributed by atoms with E-state index in [1.54, 1.807) is 30.3 Å². The number of nitrogens with one attached hydrogen (secondary N) is 1. The average molecular weight is 406 g/mol. The summed E-state index contributed by atoms with van der Waals surface area (Å²) < 4.78 is 5.16. The van der Waals surface area contributed by atoms with E-state index in [1.807, 2.05) is 18.2 Å². The lowest BCUT2D eigenvalue weighted by atomic mass is 10.1. The van der Waals surface area contributed by atoms with Crippen LogP contribution < -0.4 is 5.32 Å². The van der Waals surface area contributed by atoms with E-state index in [-0.39, 0.29) is 11.5 Å². The summed E-state index contributed by atoms with van der Waals surface area (Å²) in [5.41, 5.74) is 2.03. The molecule has 2 aromatic carbocycles. The predicted octanol–water partition coefficient (Wildman–Crippen LogP) is 4.35. The van der Waals surface area contributed by atoms with Crippen LogP contribution in [0.1, 0.15) is 29.8 Å². The van der Waals surface area contributed by atoms with Gasteiger partial charge >= 0.3 is 5.97 Å². The first-order valence-corrected chi connectivity index (χ1v) is 9.82. The van der Waals surface area contributed by atoms with E-state index < -0.39 is 18.0 Å². The number of thioether (sulfide) groups is 1. The molecule has 0 aliphatic carbocycles. The van der Waals surface area contributed by atoms with Gasteiger partial charge in [-0.15, -0.1) is 11.8 Å². The van der Waals surface area contributed by atoms with Crippen molar-refractivity contribution in [1.29, 1.82) is 0 Å². The third-order valence-electron chi connectivity index (χ3n) is 3.67. The molecule has 0 aliphatic heterocycles. The van der Waals surface area contributed by atoms with E-state index in [0.717, 1.165) is 5.56 Å². The molecule has 0 spiro atoms. The Bertz CT molecular complexity index is 823. The second kappa shape index (κ2) is 10.1. The maximum atomic E-state index is 12.1. The van der Waals surface area contributed by atoms with Gasteiger partial charge in [0.05, 0.1) is 5.75 Å². The lowest BCUT2D eigenvalue weighted by Crippen LogP contribution is -2.30. The standard InChI is InChI=1S/C20H20ClNO4S/c1-13(23)15-7-9-17(10-8-15)22-20(25)14(2)26-19(24)12-27-11-16-5-3-4-6-18(16)21/h3-10,14H,11-12H2,1-2H3,(H,22,25)/t14-/m0/s1. The smallest absolute Gasteiger partial charge is 0.316 e. The molecule has 1 atom stereocenters. The molecule has 0 unspecified atom stereocenters. The van der Waals surface area contributed by atoms with Gasteiger partial charge in [-0.1, -0.05) is 29.8 Å². The third-order valence-corrected chi connectivity index (χ3v) is 5.00.